The van der Waals surface area contributed by atoms with Gasteiger partial charge in [0.25, 0.3) is 5.91 Å². The van der Waals surface area contributed by atoms with Crippen LogP contribution in [0.2, 0.25) is 0 Å². The van der Waals surface area contributed by atoms with Gasteiger partial charge >= 0.3 is 0 Å². The van der Waals surface area contributed by atoms with Gasteiger partial charge in [-0.05, 0) is 57.9 Å². The molecule has 146 valence electrons. The molecule has 0 aliphatic carbocycles. The van der Waals surface area contributed by atoms with Gasteiger partial charge < -0.3 is 14.6 Å². The molecular weight excluding hydrogens is 340 g/mol. The van der Waals surface area contributed by atoms with Gasteiger partial charge in [-0.1, -0.05) is 30.3 Å². The molecule has 0 bridgehead atoms. The van der Waals surface area contributed by atoms with Gasteiger partial charge in [0.15, 0.2) is 5.69 Å². The molecule has 1 fully saturated rings. The van der Waals surface area contributed by atoms with Crippen LogP contribution in [0.4, 0.5) is 0 Å². The van der Waals surface area contributed by atoms with Gasteiger partial charge in [0.05, 0.1) is 6.54 Å². The van der Waals surface area contributed by atoms with E-state index in [0.717, 1.165) is 32.0 Å². The number of aromatic nitrogens is 1. The number of likely N-dealkylation sites (tertiary alicyclic amines) is 1. The maximum atomic E-state index is 12.1. The zero-order valence-corrected chi connectivity index (χ0v) is 16.4. The topological polar surface area (TPSA) is 61.6 Å². The number of nitrogens with one attached hydrogen (secondary N) is 1. The third-order valence-corrected chi connectivity index (χ3v) is 5.06. The molecule has 0 unspecified atom stereocenters. The van der Waals surface area contributed by atoms with Gasteiger partial charge in [0.2, 0.25) is 5.89 Å². The van der Waals surface area contributed by atoms with Gasteiger partial charge in [0.1, 0.15) is 6.26 Å². The van der Waals surface area contributed by atoms with E-state index in [1.54, 1.807) is 0 Å². The van der Waals surface area contributed by atoms with Gasteiger partial charge in [-0.2, -0.15) is 0 Å². The molecule has 2 aromatic rings. The standard InChI is InChI=1S/C21H30N4O2/c1-24(2)13-10-22-21(26)19-16-27-20(23-19)15-25-11-8-18(9-12-25)14-17-6-4-3-5-7-17/h3-7,16,18H,8-15H2,1-2H3,(H,22,26). The molecule has 6 nitrogen and oxygen atoms in total. The van der Waals surface area contributed by atoms with E-state index >= 15 is 0 Å². The quantitative estimate of drug-likeness (QED) is 0.773. The van der Waals surface area contributed by atoms with Crippen molar-refractivity contribution in [2.75, 3.05) is 40.3 Å². The number of piperidine rings is 1. The largest absolute Gasteiger partial charge is 0.447 e. The van der Waals surface area contributed by atoms with E-state index in [9.17, 15) is 4.79 Å². The van der Waals surface area contributed by atoms with E-state index in [4.69, 9.17) is 4.42 Å². The van der Waals surface area contributed by atoms with E-state index in [1.807, 2.05) is 19.0 Å². The second-order valence-electron chi connectivity index (χ2n) is 7.59. The molecule has 0 saturated carbocycles. The first-order chi connectivity index (χ1) is 13.1. The Balaban J connectivity index is 1.41. The normalized spacial score (nSPS) is 16.0. The number of carbonyl (C=O) groups excluding carboxylic acids is 1. The Morgan fingerprint density at radius 3 is 2.70 bits per heavy atom. The molecular formula is C21H30N4O2. The second kappa shape index (κ2) is 9.67. The van der Waals surface area contributed by atoms with Crippen molar-refractivity contribution in [3.63, 3.8) is 0 Å². The molecule has 3 rings (SSSR count). The van der Waals surface area contributed by atoms with E-state index in [1.165, 1.54) is 24.7 Å². The van der Waals surface area contributed by atoms with Crippen molar-refractivity contribution in [1.29, 1.82) is 0 Å². The lowest BCUT2D eigenvalue weighted by Crippen LogP contribution is -2.34. The summed E-state index contributed by atoms with van der Waals surface area (Å²) >= 11 is 0. The lowest BCUT2D eigenvalue weighted by atomic mass is 9.90. The van der Waals surface area contributed by atoms with E-state index < -0.39 is 0 Å². The van der Waals surface area contributed by atoms with Crippen LogP contribution >= 0.6 is 0 Å². The first kappa shape index (κ1) is 19.6. The van der Waals surface area contributed by atoms with Crippen molar-refractivity contribution in [3.8, 4) is 0 Å². The minimum absolute atomic E-state index is 0.173. The Hall–Kier alpha value is -2.18. The highest BCUT2D eigenvalue weighted by Gasteiger charge is 2.21. The van der Waals surface area contributed by atoms with Crippen LogP contribution < -0.4 is 5.32 Å². The minimum atomic E-state index is -0.173. The van der Waals surface area contributed by atoms with Gasteiger partial charge in [-0.3, -0.25) is 9.69 Å². The van der Waals surface area contributed by atoms with Crippen LogP contribution in [0, 0.1) is 5.92 Å². The van der Waals surface area contributed by atoms with Crippen molar-refractivity contribution in [2.24, 2.45) is 5.92 Å². The fourth-order valence-corrected chi connectivity index (χ4v) is 3.46. The van der Waals surface area contributed by atoms with E-state index in [0.29, 0.717) is 24.7 Å². The van der Waals surface area contributed by atoms with Crippen LogP contribution in [0.3, 0.4) is 0 Å². The summed E-state index contributed by atoms with van der Waals surface area (Å²) in [6.45, 7) is 4.16. The molecule has 0 atom stereocenters. The fraction of sp³-hybridized carbons (Fsp3) is 0.524. The average molecular weight is 370 g/mol. The summed E-state index contributed by atoms with van der Waals surface area (Å²) in [5.41, 5.74) is 1.79. The molecule has 1 aliphatic heterocycles. The van der Waals surface area contributed by atoms with Crippen molar-refractivity contribution in [1.82, 2.24) is 20.1 Å². The van der Waals surface area contributed by atoms with Crippen molar-refractivity contribution < 1.29 is 9.21 Å². The molecule has 0 spiro atoms. The van der Waals surface area contributed by atoms with Crippen LogP contribution in [-0.2, 0) is 13.0 Å². The van der Waals surface area contributed by atoms with Crippen molar-refractivity contribution >= 4 is 5.91 Å². The lowest BCUT2D eigenvalue weighted by molar-refractivity contribution is 0.0946. The molecule has 1 amide bonds. The average Bonchev–Trinajstić information content (AvgIpc) is 3.12. The van der Waals surface area contributed by atoms with E-state index in [2.05, 4.69) is 45.5 Å². The van der Waals surface area contributed by atoms with Gasteiger partial charge in [-0.15, -0.1) is 0 Å². The lowest BCUT2D eigenvalue weighted by Gasteiger charge is -2.31. The number of hydrogen-bond donors (Lipinski definition) is 1. The number of likely N-dealkylation sites (N-methyl/N-ethyl adjacent to an activating group) is 1. The predicted molar refractivity (Wildman–Crippen MR) is 106 cm³/mol. The molecule has 1 saturated heterocycles. The molecule has 0 radical (unpaired) electrons. The summed E-state index contributed by atoms with van der Waals surface area (Å²) in [6, 6.07) is 10.7. The molecule has 2 heterocycles. The van der Waals surface area contributed by atoms with Crippen LogP contribution in [0.25, 0.3) is 0 Å². The first-order valence-corrected chi connectivity index (χ1v) is 9.74. The molecule has 6 heteroatoms. The third kappa shape index (κ3) is 6.19. The highest BCUT2D eigenvalue weighted by atomic mass is 16.3. The number of oxazole rings is 1. The second-order valence-corrected chi connectivity index (χ2v) is 7.59. The third-order valence-electron chi connectivity index (χ3n) is 5.06. The van der Waals surface area contributed by atoms with Crippen LogP contribution in [0.15, 0.2) is 41.0 Å². The van der Waals surface area contributed by atoms with Crippen LogP contribution in [0.5, 0.6) is 0 Å². The molecule has 27 heavy (non-hydrogen) atoms. The maximum absolute atomic E-state index is 12.1. The number of amides is 1. The highest BCUT2D eigenvalue weighted by molar-refractivity contribution is 5.91. The molecule has 1 N–H and O–H groups in total. The summed E-state index contributed by atoms with van der Waals surface area (Å²) in [5.74, 6) is 1.19. The number of rotatable bonds is 8. The van der Waals surface area contributed by atoms with E-state index in [-0.39, 0.29) is 5.91 Å². The number of nitrogens with zero attached hydrogens (tertiary/aromatic N) is 3. The summed E-state index contributed by atoms with van der Waals surface area (Å²) in [5, 5.41) is 2.86. The zero-order valence-electron chi connectivity index (χ0n) is 16.4. The Labute approximate surface area is 161 Å². The summed E-state index contributed by atoms with van der Waals surface area (Å²) in [6.07, 6.45) is 4.99. The SMILES string of the molecule is CN(C)CCNC(=O)c1coc(CN2CCC(Cc3ccccc3)CC2)n1. The molecule has 1 aromatic carbocycles. The van der Waals surface area contributed by atoms with Gasteiger partial charge in [-0.25, -0.2) is 4.98 Å². The minimum Gasteiger partial charge on any atom is -0.447 e. The number of benzene rings is 1. The summed E-state index contributed by atoms with van der Waals surface area (Å²) in [4.78, 5) is 20.8. The fourth-order valence-electron chi connectivity index (χ4n) is 3.46. The van der Waals surface area contributed by atoms with Crippen molar-refractivity contribution in [2.45, 2.75) is 25.8 Å². The predicted octanol–water partition coefficient (Wildman–Crippen LogP) is 2.42. The summed E-state index contributed by atoms with van der Waals surface area (Å²) < 4.78 is 5.51. The van der Waals surface area contributed by atoms with Crippen LogP contribution in [-0.4, -0.2) is 61.0 Å². The Bertz CT molecular complexity index is 706. The Morgan fingerprint density at radius 1 is 1.26 bits per heavy atom. The number of carbonyl (C=O) groups is 1. The highest BCUT2D eigenvalue weighted by Crippen LogP contribution is 2.22. The number of hydrogen-bond acceptors (Lipinski definition) is 5. The van der Waals surface area contributed by atoms with Crippen LogP contribution in [0.1, 0.15) is 34.8 Å². The molecule has 1 aliphatic rings. The monoisotopic (exact) mass is 370 g/mol. The zero-order chi connectivity index (χ0) is 19.1. The first-order valence-electron chi connectivity index (χ1n) is 9.74. The Kier molecular flexibility index (Phi) is 7.01. The van der Waals surface area contributed by atoms with Gasteiger partial charge in [0, 0.05) is 13.1 Å². The van der Waals surface area contributed by atoms with Crippen molar-refractivity contribution in [3.05, 3.63) is 53.7 Å². The molecule has 1 aromatic heterocycles. The Morgan fingerprint density at radius 2 is 2.00 bits per heavy atom. The summed E-state index contributed by atoms with van der Waals surface area (Å²) in [7, 11) is 3.95. The smallest absolute Gasteiger partial charge is 0.273 e. The maximum Gasteiger partial charge on any atom is 0.273 e.